The fraction of sp³-hybridized carbons (Fsp3) is 0.250. The second kappa shape index (κ2) is 7.31. The van der Waals surface area contributed by atoms with E-state index in [1.54, 1.807) is 0 Å². The molecular formula is C28H24N4O. The van der Waals surface area contributed by atoms with Crippen LogP contribution in [0.2, 0.25) is 0 Å². The van der Waals surface area contributed by atoms with Gasteiger partial charge in [-0.15, -0.1) is 0 Å². The summed E-state index contributed by atoms with van der Waals surface area (Å²) in [6.45, 7) is 4.92. The van der Waals surface area contributed by atoms with Crippen molar-refractivity contribution in [2.75, 3.05) is 0 Å². The lowest BCUT2D eigenvalue weighted by Gasteiger charge is -2.24. The number of aromatic amines is 1. The average Bonchev–Trinajstić information content (AvgIpc) is 3.51. The Labute approximate surface area is 192 Å². The number of benzene rings is 2. The molecule has 4 aromatic rings. The molecular weight excluding hydrogens is 408 g/mol. The minimum atomic E-state index is 0.177. The van der Waals surface area contributed by atoms with Gasteiger partial charge < -0.3 is 9.88 Å². The van der Waals surface area contributed by atoms with Gasteiger partial charge in [-0.1, -0.05) is 18.2 Å². The van der Waals surface area contributed by atoms with Crippen LogP contribution in [0.1, 0.15) is 46.8 Å². The molecule has 1 aliphatic carbocycles. The minimum absolute atomic E-state index is 0.177. The molecule has 1 amide bonds. The van der Waals surface area contributed by atoms with Crippen molar-refractivity contribution in [1.82, 2.24) is 14.9 Å². The predicted octanol–water partition coefficient (Wildman–Crippen LogP) is 5.83. The Kier molecular flexibility index (Phi) is 4.38. The Morgan fingerprint density at radius 2 is 1.91 bits per heavy atom. The van der Waals surface area contributed by atoms with Crippen LogP contribution in [-0.4, -0.2) is 26.8 Å². The fourth-order valence-electron chi connectivity index (χ4n) is 5.14. The Morgan fingerprint density at radius 1 is 1.12 bits per heavy atom. The normalized spacial score (nSPS) is 16.2. The number of nitrogens with one attached hydrogen (secondary N) is 1. The third-order valence-corrected chi connectivity index (χ3v) is 7.22. The molecule has 0 bridgehead atoms. The second-order valence-electron chi connectivity index (χ2n) is 9.35. The maximum Gasteiger partial charge on any atom is 0.255 e. The summed E-state index contributed by atoms with van der Waals surface area (Å²) in [4.78, 5) is 23.1. The Hall–Kier alpha value is -3.91. The highest BCUT2D eigenvalue weighted by Crippen LogP contribution is 2.40. The van der Waals surface area contributed by atoms with Crippen LogP contribution in [0.4, 0.5) is 0 Å². The molecule has 2 aliphatic rings. The minimum Gasteiger partial charge on any atom is -0.346 e. The molecule has 1 saturated carbocycles. The summed E-state index contributed by atoms with van der Waals surface area (Å²) in [5.41, 5.74) is 8.70. The van der Waals surface area contributed by atoms with Crippen molar-refractivity contribution in [3.8, 4) is 28.3 Å². The van der Waals surface area contributed by atoms with Gasteiger partial charge in [0.1, 0.15) is 5.65 Å². The fourth-order valence-corrected chi connectivity index (χ4v) is 5.14. The number of aryl methyl sites for hydroxylation is 1. The van der Waals surface area contributed by atoms with Crippen LogP contribution >= 0.6 is 0 Å². The van der Waals surface area contributed by atoms with Gasteiger partial charge in [-0.05, 0) is 79.1 Å². The van der Waals surface area contributed by atoms with Crippen molar-refractivity contribution in [2.24, 2.45) is 5.92 Å². The summed E-state index contributed by atoms with van der Waals surface area (Å²) in [6.07, 6.45) is 6.32. The molecule has 5 heteroatoms. The molecule has 1 fully saturated rings. The molecule has 0 spiro atoms. The zero-order chi connectivity index (χ0) is 22.7. The van der Waals surface area contributed by atoms with E-state index in [1.165, 1.54) is 12.8 Å². The molecule has 0 radical (unpaired) electrons. The maximum atomic E-state index is 13.1. The highest BCUT2D eigenvalue weighted by atomic mass is 16.2. The second-order valence-corrected chi connectivity index (χ2v) is 9.35. The van der Waals surface area contributed by atoms with Crippen molar-refractivity contribution in [3.05, 3.63) is 77.1 Å². The summed E-state index contributed by atoms with van der Waals surface area (Å²) < 4.78 is 0. The van der Waals surface area contributed by atoms with Gasteiger partial charge in [0, 0.05) is 47.1 Å². The smallest absolute Gasteiger partial charge is 0.255 e. The quantitative estimate of drug-likeness (QED) is 0.441. The summed E-state index contributed by atoms with van der Waals surface area (Å²) >= 11 is 0. The highest BCUT2D eigenvalue weighted by molar-refractivity contribution is 6.01. The van der Waals surface area contributed by atoms with Crippen molar-refractivity contribution in [2.45, 2.75) is 39.3 Å². The number of carbonyl (C=O) groups excluding carboxylic acids is 1. The van der Waals surface area contributed by atoms with E-state index in [1.807, 2.05) is 43.6 Å². The Morgan fingerprint density at radius 3 is 2.64 bits per heavy atom. The van der Waals surface area contributed by atoms with Crippen molar-refractivity contribution in [1.29, 1.82) is 5.26 Å². The number of carbonyl (C=O) groups is 1. The SMILES string of the molecule is Cc1cc(-c2cnc3[nH]cc(-c4ccc(C#N)cc4)c3c2)cc2c1C(=O)N([C@@H](C)C1CC1)C2. The van der Waals surface area contributed by atoms with E-state index in [2.05, 4.69) is 46.1 Å². The van der Waals surface area contributed by atoms with Gasteiger partial charge in [0.25, 0.3) is 5.91 Å². The first kappa shape index (κ1) is 19.8. The Balaban J connectivity index is 1.39. The number of rotatable bonds is 4. The predicted molar refractivity (Wildman–Crippen MR) is 128 cm³/mol. The van der Waals surface area contributed by atoms with Crippen LogP contribution in [0.5, 0.6) is 0 Å². The van der Waals surface area contributed by atoms with Gasteiger partial charge in [0.2, 0.25) is 0 Å². The third kappa shape index (κ3) is 3.22. The molecule has 0 saturated heterocycles. The summed E-state index contributed by atoms with van der Waals surface area (Å²) in [6, 6.07) is 16.5. The van der Waals surface area contributed by atoms with E-state index in [9.17, 15) is 4.79 Å². The zero-order valence-corrected chi connectivity index (χ0v) is 18.7. The van der Waals surface area contributed by atoms with Gasteiger partial charge >= 0.3 is 0 Å². The molecule has 162 valence electrons. The number of amides is 1. The van der Waals surface area contributed by atoms with E-state index >= 15 is 0 Å². The van der Waals surface area contributed by atoms with Crippen LogP contribution < -0.4 is 0 Å². The Bertz CT molecular complexity index is 1450. The molecule has 33 heavy (non-hydrogen) atoms. The van der Waals surface area contributed by atoms with Crippen LogP contribution in [0.25, 0.3) is 33.3 Å². The van der Waals surface area contributed by atoms with E-state index < -0.39 is 0 Å². The maximum absolute atomic E-state index is 13.1. The zero-order valence-electron chi connectivity index (χ0n) is 18.7. The van der Waals surface area contributed by atoms with Crippen molar-refractivity contribution >= 4 is 16.9 Å². The topological polar surface area (TPSA) is 72.8 Å². The largest absolute Gasteiger partial charge is 0.346 e. The summed E-state index contributed by atoms with van der Waals surface area (Å²) in [5, 5.41) is 10.1. The van der Waals surface area contributed by atoms with Crippen LogP contribution in [0.15, 0.2) is 54.9 Å². The first-order valence-corrected chi connectivity index (χ1v) is 11.5. The van der Waals surface area contributed by atoms with E-state index in [4.69, 9.17) is 5.26 Å². The summed E-state index contributed by atoms with van der Waals surface area (Å²) in [7, 11) is 0. The summed E-state index contributed by atoms with van der Waals surface area (Å²) in [5.74, 6) is 0.833. The van der Waals surface area contributed by atoms with Gasteiger partial charge in [0.05, 0.1) is 11.6 Å². The number of fused-ring (bicyclic) bond motifs is 2. The number of nitriles is 1. The molecule has 0 unspecified atom stereocenters. The van der Waals surface area contributed by atoms with E-state index in [-0.39, 0.29) is 5.91 Å². The number of aromatic nitrogens is 2. The van der Waals surface area contributed by atoms with Gasteiger partial charge in [-0.2, -0.15) is 5.26 Å². The van der Waals surface area contributed by atoms with Gasteiger partial charge in [0.15, 0.2) is 0 Å². The first-order chi connectivity index (χ1) is 16.0. The monoisotopic (exact) mass is 432 g/mol. The molecule has 6 rings (SSSR count). The van der Waals surface area contributed by atoms with Crippen LogP contribution in [-0.2, 0) is 6.54 Å². The van der Waals surface area contributed by atoms with E-state index in [0.717, 1.165) is 50.0 Å². The molecule has 3 heterocycles. The lowest BCUT2D eigenvalue weighted by atomic mass is 9.96. The average molecular weight is 433 g/mol. The molecule has 1 aliphatic heterocycles. The highest BCUT2D eigenvalue weighted by Gasteiger charge is 2.39. The van der Waals surface area contributed by atoms with Gasteiger partial charge in [-0.3, -0.25) is 4.79 Å². The standard InChI is InChI=1S/C28H24N4O/c1-16-9-21(10-23-15-32(28(33)26(16)23)17(2)19-7-8-19)22-11-24-25(14-31-27(24)30-13-22)20-5-3-18(12-29)4-6-20/h3-6,9-11,13-14,17,19H,7-8,15H2,1-2H3,(H,30,31)/t17-/m0/s1. The van der Waals surface area contributed by atoms with Crippen molar-refractivity contribution in [3.63, 3.8) is 0 Å². The molecule has 2 aromatic heterocycles. The lowest BCUT2D eigenvalue weighted by molar-refractivity contribution is 0.0697. The van der Waals surface area contributed by atoms with Crippen molar-refractivity contribution < 1.29 is 4.79 Å². The number of H-pyrrole nitrogens is 1. The number of hydrogen-bond acceptors (Lipinski definition) is 3. The lowest BCUT2D eigenvalue weighted by Crippen LogP contribution is -2.34. The van der Waals surface area contributed by atoms with E-state index in [0.29, 0.717) is 24.1 Å². The first-order valence-electron chi connectivity index (χ1n) is 11.5. The number of pyridine rings is 1. The molecule has 1 atom stereocenters. The van der Waals surface area contributed by atoms with Gasteiger partial charge in [-0.25, -0.2) is 4.98 Å². The van der Waals surface area contributed by atoms with Crippen LogP contribution in [0.3, 0.4) is 0 Å². The number of hydrogen-bond donors (Lipinski definition) is 1. The molecule has 5 nitrogen and oxygen atoms in total. The molecule has 1 N–H and O–H groups in total. The third-order valence-electron chi connectivity index (χ3n) is 7.22. The van der Waals surface area contributed by atoms with Crippen LogP contribution in [0, 0.1) is 24.2 Å². The molecule has 2 aromatic carbocycles. The number of nitrogens with zero attached hydrogens (tertiary/aromatic N) is 3.